The quantitative estimate of drug-likeness (QED) is 0.640. The molecule has 1 aromatic rings. The molecule has 1 saturated carbocycles. The molecule has 1 aliphatic carbocycles. The third-order valence-corrected chi connectivity index (χ3v) is 6.15. The predicted molar refractivity (Wildman–Crippen MR) is 91.4 cm³/mol. The molecule has 0 radical (unpaired) electrons. The van der Waals surface area contributed by atoms with Crippen molar-refractivity contribution in [3.05, 3.63) is 24.2 Å². The van der Waals surface area contributed by atoms with Gasteiger partial charge in [-0.3, -0.25) is 4.79 Å². The van der Waals surface area contributed by atoms with E-state index in [1.807, 2.05) is 0 Å². The van der Waals surface area contributed by atoms with Crippen molar-refractivity contribution in [2.24, 2.45) is 23.2 Å². The molecule has 0 aromatic carbocycles. The normalized spacial score (nSPS) is 30.9. The second-order valence-electron chi connectivity index (χ2n) is 7.33. The highest BCUT2D eigenvalue weighted by molar-refractivity contribution is 7.96. The molecule has 1 fully saturated rings. The fraction of sp³-hybridized carbons (Fsp3) is 0.667. The first-order chi connectivity index (χ1) is 10.7. The zero-order valence-electron chi connectivity index (χ0n) is 14.5. The second kappa shape index (κ2) is 6.34. The number of ether oxygens (including phenoxy) is 1. The van der Waals surface area contributed by atoms with Gasteiger partial charge in [0.1, 0.15) is 0 Å². The summed E-state index contributed by atoms with van der Waals surface area (Å²) in [7, 11) is 0. The molecule has 4 nitrogen and oxygen atoms in total. The van der Waals surface area contributed by atoms with Crippen molar-refractivity contribution in [1.29, 1.82) is 0 Å². The van der Waals surface area contributed by atoms with Crippen molar-refractivity contribution in [3.8, 4) is 0 Å². The molecule has 0 saturated heterocycles. The van der Waals surface area contributed by atoms with Gasteiger partial charge in [0.2, 0.25) is 10.9 Å². The van der Waals surface area contributed by atoms with Crippen LogP contribution in [0.25, 0.3) is 0 Å². The minimum absolute atomic E-state index is 0.109. The Morgan fingerprint density at radius 3 is 2.43 bits per heavy atom. The summed E-state index contributed by atoms with van der Waals surface area (Å²) in [6, 6.07) is 3.17. The van der Waals surface area contributed by atoms with Crippen molar-refractivity contribution in [3.63, 3.8) is 0 Å². The van der Waals surface area contributed by atoms with E-state index >= 15 is 0 Å². The van der Waals surface area contributed by atoms with E-state index in [0.717, 1.165) is 6.42 Å². The summed E-state index contributed by atoms with van der Waals surface area (Å²) in [5.74, 6) is 0.340. The van der Waals surface area contributed by atoms with Crippen LogP contribution in [0.15, 0.2) is 22.8 Å². The summed E-state index contributed by atoms with van der Waals surface area (Å²) >= 11 is 4.12. The van der Waals surface area contributed by atoms with Gasteiger partial charge in [0, 0.05) is 5.41 Å². The first-order valence-corrected chi connectivity index (χ1v) is 8.61. The van der Waals surface area contributed by atoms with Crippen molar-refractivity contribution >= 4 is 23.7 Å². The lowest BCUT2D eigenvalue weighted by molar-refractivity contribution is -0.150. The first-order valence-electron chi connectivity index (χ1n) is 8.17. The summed E-state index contributed by atoms with van der Waals surface area (Å²) in [4.78, 5) is 25.0. The van der Waals surface area contributed by atoms with Gasteiger partial charge in [0.15, 0.2) is 5.60 Å². The van der Waals surface area contributed by atoms with Crippen LogP contribution in [0.5, 0.6) is 0 Å². The van der Waals surface area contributed by atoms with Gasteiger partial charge in [0.25, 0.3) is 0 Å². The Bertz CT molecular complexity index is 578. The Balaban J connectivity index is 2.47. The van der Waals surface area contributed by atoms with Crippen LogP contribution in [0.2, 0.25) is 0 Å². The Morgan fingerprint density at radius 1 is 1.35 bits per heavy atom. The topological polar surface area (TPSA) is 56.5 Å². The molecule has 0 aliphatic heterocycles. The number of furan rings is 1. The lowest BCUT2D eigenvalue weighted by Crippen LogP contribution is -2.56. The maximum Gasteiger partial charge on any atom is 0.375 e. The van der Waals surface area contributed by atoms with E-state index in [0.29, 0.717) is 12.3 Å². The molecule has 3 unspecified atom stereocenters. The second-order valence-corrected chi connectivity index (χ2v) is 7.73. The van der Waals surface area contributed by atoms with Crippen LogP contribution >= 0.6 is 12.6 Å². The van der Waals surface area contributed by atoms with Gasteiger partial charge in [0.05, 0.1) is 6.26 Å². The molecule has 1 aliphatic rings. The molecule has 23 heavy (non-hydrogen) atoms. The largest absolute Gasteiger partial charge is 0.457 e. The Morgan fingerprint density at radius 2 is 2.00 bits per heavy atom. The molecule has 1 heterocycles. The fourth-order valence-electron chi connectivity index (χ4n) is 4.29. The first kappa shape index (κ1) is 18.1. The van der Waals surface area contributed by atoms with E-state index in [1.54, 1.807) is 12.1 Å². The molecule has 0 N–H and O–H groups in total. The van der Waals surface area contributed by atoms with Crippen LogP contribution in [-0.4, -0.2) is 16.7 Å². The lowest BCUT2D eigenvalue weighted by atomic mass is 9.61. The zero-order valence-corrected chi connectivity index (χ0v) is 15.4. The number of hydrogen-bond acceptors (Lipinski definition) is 4. The summed E-state index contributed by atoms with van der Waals surface area (Å²) in [6.07, 6.45) is 2.75. The number of thiol groups is 1. The van der Waals surface area contributed by atoms with E-state index in [9.17, 15) is 9.59 Å². The third kappa shape index (κ3) is 2.73. The van der Waals surface area contributed by atoms with E-state index in [4.69, 9.17) is 9.15 Å². The number of esters is 1. The predicted octanol–water partition coefficient (Wildman–Crippen LogP) is 4.36. The molecular formula is C18H26O4S. The van der Waals surface area contributed by atoms with Crippen LogP contribution in [0, 0.1) is 23.2 Å². The molecule has 3 atom stereocenters. The van der Waals surface area contributed by atoms with Gasteiger partial charge >= 0.3 is 5.97 Å². The summed E-state index contributed by atoms with van der Waals surface area (Å²) in [6.45, 7) is 10.5. The SMILES string of the molecule is CC(C)C1CCC(OC(=O)c2ccco2)(C(=O)S)C1(C)C(C)C. The summed E-state index contributed by atoms with van der Waals surface area (Å²) in [5.41, 5.74) is -1.69. The molecule has 2 rings (SSSR count). The Kier molecular flexibility index (Phi) is 5.00. The molecule has 0 bridgehead atoms. The zero-order chi connectivity index (χ0) is 17.4. The van der Waals surface area contributed by atoms with Crippen molar-refractivity contribution < 1.29 is 18.7 Å². The monoisotopic (exact) mass is 338 g/mol. The van der Waals surface area contributed by atoms with Crippen LogP contribution < -0.4 is 0 Å². The number of carbonyl (C=O) groups excluding carboxylic acids is 2. The minimum Gasteiger partial charge on any atom is -0.457 e. The van der Waals surface area contributed by atoms with Crippen LogP contribution in [-0.2, 0) is 9.53 Å². The van der Waals surface area contributed by atoms with Gasteiger partial charge in [-0.25, -0.2) is 4.79 Å². The fourth-order valence-corrected chi connectivity index (χ4v) is 4.69. The highest BCUT2D eigenvalue weighted by Gasteiger charge is 2.65. The number of carbonyl (C=O) groups is 2. The highest BCUT2D eigenvalue weighted by Crippen LogP contribution is 2.59. The van der Waals surface area contributed by atoms with Crippen LogP contribution in [0.3, 0.4) is 0 Å². The Labute approximate surface area is 143 Å². The highest BCUT2D eigenvalue weighted by atomic mass is 32.1. The van der Waals surface area contributed by atoms with E-state index in [1.165, 1.54) is 6.26 Å². The maximum absolute atomic E-state index is 12.5. The van der Waals surface area contributed by atoms with Crippen molar-refractivity contribution in [2.45, 2.75) is 53.1 Å². The van der Waals surface area contributed by atoms with Gasteiger partial charge < -0.3 is 9.15 Å². The average molecular weight is 338 g/mol. The molecule has 128 valence electrons. The van der Waals surface area contributed by atoms with E-state index in [2.05, 4.69) is 47.2 Å². The third-order valence-electron chi connectivity index (χ3n) is 5.79. The van der Waals surface area contributed by atoms with Gasteiger partial charge in [-0.05, 0) is 42.7 Å². The summed E-state index contributed by atoms with van der Waals surface area (Å²) < 4.78 is 10.9. The standard InChI is InChI=1S/C18H26O4S/c1-11(2)13-8-9-18(16(20)23,17(13,5)12(3)4)22-15(19)14-7-6-10-21-14/h6-7,10-13H,8-9H2,1-5H3,(H,20,23). The van der Waals surface area contributed by atoms with Gasteiger partial charge in [-0.15, -0.1) is 12.6 Å². The van der Waals surface area contributed by atoms with Crippen LogP contribution in [0.4, 0.5) is 0 Å². The van der Waals surface area contributed by atoms with Crippen molar-refractivity contribution in [2.75, 3.05) is 0 Å². The minimum atomic E-state index is -1.22. The number of rotatable bonds is 5. The number of hydrogen-bond donors (Lipinski definition) is 1. The van der Waals surface area contributed by atoms with Gasteiger partial charge in [-0.1, -0.05) is 34.6 Å². The van der Waals surface area contributed by atoms with E-state index < -0.39 is 17.0 Å². The summed E-state index contributed by atoms with van der Waals surface area (Å²) in [5, 5.41) is -0.378. The molecular weight excluding hydrogens is 312 g/mol. The molecule has 5 heteroatoms. The Hall–Kier alpha value is -1.23. The smallest absolute Gasteiger partial charge is 0.375 e. The van der Waals surface area contributed by atoms with Gasteiger partial charge in [-0.2, -0.15) is 0 Å². The van der Waals surface area contributed by atoms with E-state index in [-0.39, 0.29) is 22.7 Å². The van der Waals surface area contributed by atoms with Crippen LogP contribution in [0.1, 0.15) is 58.0 Å². The molecule has 1 aromatic heterocycles. The van der Waals surface area contributed by atoms with Crippen molar-refractivity contribution in [1.82, 2.24) is 0 Å². The average Bonchev–Trinajstić information content (AvgIpc) is 3.07. The molecule has 0 amide bonds. The maximum atomic E-state index is 12.5. The lowest BCUT2D eigenvalue weighted by Gasteiger charge is -2.47. The molecule has 0 spiro atoms.